The Balaban J connectivity index is 2.58. The van der Waals surface area contributed by atoms with E-state index in [0.717, 1.165) is 12.8 Å². The van der Waals surface area contributed by atoms with Crippen LogP contribution >= 0.6 is 0 Å². The Morgan fingerprint density at radius 3 is 2.73 bits per heavy atom. The van der Waals surface area contributed by atoms with Gasteiger partial charge in [0, 0.05) is 13.0 Å². The number of hydrogen-bond donors (Lipinski definition) is 0. The van der Waals surface area contributed by atoms with E-state index in [2.05, 4.69) is 18.6 Å². The van der Waals surface area contributed by atoms with Gasteiger partial charge in [0.15, 0.2) is 0 Å². The van der Waals surface area contributed by atoms with E-state index in [-0.39, 0.29) is 23.8 Å². The van der Waals surface area contributed by atoms with Gasteiger partial charge >= 0.3 is 5.97 Å². The molecule has 0 aromatic heterocycles. The number of carbonyl (C=O) groups excluding carboxylic acids is 2. The number of amides is 1. The quantitative estimate of drug-likeness (QED) is 0.647. The molecule has 1 heterocycles. The van der Waals surface area contributed by atoms with Crippen LogP contribution in [0.3, 0.4) is 0 Å². The SMILES string of the molecule is COC(=O)CN1CCC(C)(C)CCC1=O. The van der Waals surface area contributed by atoms with E-state index < -0.39 is 0 Å². The maximum atomic E-state index is 11.7. The molecule has 1 saturated heterocycles. The van der Waals surface area contributed by atoms with Gasteiger partial charge in [-0.25, -0.2) is 0 Å². The van der Waals surface area contributed by atoms with Crippen molar-refractivity contribution in [2.45, 2.75) is 33.1 Å². The Hall–Kier alpha value is -1.06. The zero-order chi connectivity index (χ0) is 11.5. The summed E-state index contributed by atoms with van der Waals surface area (Å²) in [5.41, 5.74) is 0.195. The number of nitrogens with zero attached hydrogens (tertiary/aromatic N) is 1. The Morgan fingerprint density at radius 1 is 1.47 bits per heavy atom. The summed E-state index contributed by atoms with van der Waals surface area (Å²) in [4.78, 5) is 24.4. The highest BCUT2D eigenvalue weighted by Crippen LogP contribution is 2.30. The number of ether oxygens (including phenoxy) is 1. The molecular formula is C11H19NO3. The van der Waals surface area contributed by atoms with Crippen LogP contribution in [-0.4, -0.2) is 37.0 Å². The minimum absolute atomic E-state index is 0.0611. The standard InChI is InChI=1S/C11H19NO3/c1-11(2)5-4-9(13)12(7-6-11)8-10(14)15-3/h4-8H2,1-3H3. The molecule has 0 saturated carbocycles. The third-order valence-corrected chi connectivity index (χ3v) is 2.97. The molecule has 0 aromatic carbocycles. The largest absolute Gasteiger partial charge is 0.468 e. The number of rotatable bonds is 2. The van der Waals surface area contributed by atoms with Gasteiger partial charge in [0.2, 0.25) is 5.91 Å². The number of carbonyl (C=O) groups is 2. The lowest BCUT2D eigenvalue weighted by Crippen LogP contribution is -2.35. The topological polar surface area (TPSA) is 46.6 Å². The Kier molecular flexibility index (Phi) is 3.72. The molecule has 4 heteroatoms. The molecule has 0 aromatic rings. The molecule has 1 aliphatic heterocycles. The van der Waals surface area contributed by atoms with Gasteiger partial charge < -0.3 is 9.64 Å². The first-order valence-electron chi connectivity index (χ1n) is 5.29. The molecule has 1 aliphatic rings. The van der Waals surface area contributed by atoms with Crippen molar-refractivity contribution in [1.82, 2.24) is 4.90 Å². The first-order chi connectivity index (χ1) is 6.94. The normalized spacial score (nSPS) is 21.0. The van der Waals surface area contributed by atoms with Crippen molar-refractivity contribution in [3.63, 3.8) is 0 Å². The summed E-state index contributed by atoms with van der Waals surface area (Å²) in [6.07, 6.45) is 2.36. The number of likely N-dealkylation sites (tertiary alicyclic amines) is 1. The van der Waals surface area contributed by atoms with Crippen LogP contribution in [0.25, 0.3) is 0 Å². The minimum Gasteiger partial charge on any atom is -0.468 e. The van der Waals surface area contributed by atoms with E-state index in [1.807, 2.05) is 0 Å². The van der Waals surface area contributed by atoms with Gasteiger partial charge in [-0.1, -0.05) is 13.8 Å². The predicted molar refractivity (Wildman–Crippen MR) is 56.2 cm³/mol. The molecule has 0 radical (unpaired) electrons. The van der Waals surface area contributed by atoms with Crippen LogP contribution in [0, 0.1) is 5.41 Å². The van der Waals surface area contributed by atoms with Gasteiger partial charge in [0.1, 0.15) is 6.54 Å². The Labute approximate surface area is 90.6 Å². The van der Waals surface area contributed by atoms with Crippen LogP contribution < -0.4 is 0 Å². The van der Waals surface area contributed by atoms with E-state index in [0.29, 0.717) is 13.0 Å². The number of esters is 1. The number of hydrogen-bond acceptors (Lipinski definition) is 3. The Morgan fingerprint density at radius 2 is 2.13 bits per heavy atom. The second-order valence-electron chi connectivity index (χ2n) is 4.81. The summed E-state index contributed by atoms with van der Waals surface area (Å²) in [6.45, 7) is 5.05. The highest BCUT2D eigenvalue weighted by atomic mass is 16.5. The van der Waals surface area contributed by atoms with Crippen molar-refractivity contribution in [1.29, 1.82) is 0 Å². The lowest BCUT2D eigenvalue weighted by Gasteiger charge is -2.22. The molecule has 1 amide bonds. The van der Waals surface area contributed by atoms with Crippen LogP contribution in [0.15, 0.2) is 0 Å². The van der Waals surface area contributed by atoms with Crippen molar-refractivity contribution in [2.75, 3.05) is 20.2 Å². The van der Waals surface area contributed by atoms with Crippen LogP contribution in [0.1, 0.15) is 33.1 Å². The fraction of sp³-hybridized carbons (Fsp3) is 0.818. The molecular weight excluding hydrogens is 194 g/mol. The molecule has 4 nitrogen and oxygen atoms in total. The second kappa shape index (κ2) is 4.64. The molecule has 0 unspecified atom stereocenters. The van der Waals surface area contributed by atoms with Gasteiger partial charge in [0.05, 0.1) is 7.11 Å². The third-order valence-electron chi connectivity index (χ3n) is 2.97. The Bertz CT molecular complexity index is 261. The maximum absolute atomic E-state index is 11.7. The van der Waals surface area contributed by atoms with Gasteiger partial charge in [-0.3, -0.25) is 9.59 Å². The summed E-state index contributed by atoms with van der Waals surface area (Å²) in [5.74, 6) is -0.283. The summed E-state index contributed by atoms with van der Waals surface area (Å²) in [7, 11) is 1.34. The zero-order valence-electron chi connectivity index (χ0n) is 9.71. The van der Waals surface area contributed by atoms with E-state index in [1.54, 1.807) is 4.90 Å². The van der Waals surface area contributed by atoms with Crippen molar-refractivity contribution in [3.05, 3.63) is 0 Å². The molecule has 0 bridgehead atoms. The average Bonchev–Trinajstić information content (AvgIpc) is 2.31. The molecule has 0 aliphatic carbocycles. The van der Waals surface area contributed by atoms with E-state index in [4.69, 9.17) is 0 Å². The molecule has 0 N–H and O–H groups in total. The van der Waals surface area contributed by atoms with Gasteiger partial charge in [-0.2, -0.15) is 0 Å². The fourth-order valence-corrected chi connectivity index (χ4v) is 1.68. The smallest absolute Gasteiger partial charge is 0.325 e. The average molecular weight is 213 g/mol. The highest BCUT2D eigenvalue weighted by molar-refractivity contribution is 5.82. The van der Waals surface area contributed by atoms with Crippen molar-refractivity contribution in [2.24, 2.45) is 5.41 Å². The van der Waals surface area contributed by atoms with Gasteiger partial charge in [0.25, 0.3) is 0 Å². The van der Waals surface area contributed by atoms with Crippen LogP contribution in [0.2, 0.25) is 0 Å². The van der Waals surface area contributed by atoms with Crippen LogP contribution in [0.5, 0.6) is 0 Å². The molecule has 0 atom stereocenters. The molecule has 15 heavy (non-hydrogen) atoms. The van der Waals surface area contributed by atoms with E-state index in [1.165, 1.54) is 7.11 Å². The zero-order valence-corrected chi connectivity index (χ0v) is 9.71. The first kappa shape index (κ1) is 12.0. The van der Waals surface area contributed by atoms with Crippen LogP contribution in [-0.2, 0) is 14.3 Å². The van der Waals surface area contributed by atoms with Gasteiger partial charge in [-0.05, 0) is 18.3 Å². The second-order valence-corrected chi connectivity index (χ2v) is 4.81. The molecule has 0 spiro atoms. The highest BCUT2D eigenvalue weighted by Gasteiger charge is 2.28. The van der Waals surface area contributed by atoms with Crippen molar-refractivity contribution >= 4 is 11.9 Å². The monoisotopic (exact) mass is 213 g/mol. The first-order valence-corrected chi connectivity index (χ1v) is 5.29. The number of methoxy groups -OCH3 is 1. The van der Waals surface area contributed by atoms with Crippen molar-refractivity contribution in [3.8, 4) is 0 Å². The summed E-state index contributed by atoms with van der Waals surface area (Å²) >= 11 is 0. The van der Waals surface area contributed by atoms with E-state index in [9.17, 15) is 9.59 Å². The maximum Gasteiger partial charge on any atom is 0.325 e. The fourth-order valence-electron chi connectivity index (χ4n) is 1.68. The summed E-state index contributed by atoms with van der Waals surface area (Å²) in [6, 6.07) is 0. The van der Waals surface area contributed by atoms with Gasteiger partial charge in [-0.15, -0.1) is 0 Å². The van der Waals surface area contributed by atoms with E-state index >= 15 is 0 Å². The summed E-state index contributed by atoms with van der Waals surface area (Å²) < 4.78 is 4.56. The molecule has 86 valence electrons. The minimum atomic E-state index is -0.344. The predicted octanol–water partition coefficient (Wildman–Crippen LogP) is 1.20. The lowest BCUT2D eigenvalue weighted by molar-refractivity contribution is -0.146. The molecule has 1 fully saturated rings. The lowest BCUT2D eigenvalue weighted by atomic mass is 9.85. The summed E-state index contributed by atoms with van der Waals surface area (Å²) in [5, 5.41) is 0. The van der Waals surface area contributed by atoms with Crippen LogP contribution in [0.4, 0.5) is 0 Å². The third kappa shape index (κ3) is 3.53. The molecule has 1 rings (SSSR count). The van der Waals surface area contributed by atoms with Crippen molar-refractivity contribution < 1.29 is 14.3 Å².